The molecule has 3 N–H and O–H groups in total. The Kier molecular flexibility index (Phi) is 4.83. The molecular formula is C15H25N3O2. The zero-order chi connectivity index (χ0) is 14.6. The van der Waals surface area contributed by atoms with Crippen LogP contribution in [-0.2, 0) is 6.54 Å². The predicted molar refractivity (Wildman–Crippen MR) is 80.6 cm³/mol. The molecule has 5 nitrogen and oxygen atoms in total. The van der Waals surface area contributed by atoms with Crippen molar-refractivity contribution in [2.45, 2.75) is 44.2 Å². The van der Waals surface area contributed by atoms with Crippen molar-refractivity contribution in [2.75, 3.05) is 25.9 Å². The van der Waals surface area contributed by atoms with E-state index in [9.17, 15) is 9.90 Å². The van der Waals surface area contributed by atoms with Crippen molar-refractivity contribution in [3.8, 4) is 0 Å². The number of rotatable bonds is 6. The van der Waals surface area contributed by atoms with Gasteiger partial charge in [-0.1, -0.05) is 12.8 Å². The molecule has 1 aromatic rings. The highest BCUT2D eigenvalue weighted by atomic mass is 16.3. The molecule has 112 valence electrons. The SMILES string of the molecule is CN(CCCn1cc(N)ccc1=O)CC1(O)CCCC1. The summed E-state index contributed by atoms with van der Waals surface area (Å²) >= 11 is 0. The third-order valence-corrected chi connectivity index (χ3v) is 4.04. The number of nitrogen functional groups attached to an aromatic ring is 1. The summed E-state index contributed by atoms with van der Waals surface area (Å²) in [5.41, 5.74) is 5.78. The largest absolute Gasteiger partial charge is 0.398 e. The van der Waals surface area contributed by atoms with Gasteiger partial charge < -0.3 is 20.3 Å². The minimum absolute atomic E-state index is 0.0173. The Hall–Kier alpha value is -1.33. The molecule has 1 saturated carbocycles. The zero-order valence-corrected chi connectivity index (χ0v) is 12.2. The molecule has 1 fully saturated rings. The topological polar surface area (TPSA) is 71.5 Å². The average molecular weight is 279 g/mol. The van der Waals surface area contributed by atoms with Crippen LogP contribution >= 0.6 is 0 Å². The molecule has 0 aromatic carbocycles. The second-order valence-corrected chi connectivity index (χ2v) is 6.02. The fraction of sp³-hybridized carbons (Fsp3) is 0.667. The van der Waals surface area contributed by atoms with Gasteiger partial charge in [0, 0.05) is 31.0 Å². The normalized spacial score (nSPS) is 17.8. The highest BCUT2D eigenvalue weighted by molar-refractivity contribution is 5.33. The molecule has 20 heavy (non-hydrogen) atoms. The van der Waals surface area contributed by atoms with Gasteiger partial charge in [0.05, 0.1) is 5.60 Å². The van der Waals surface area contributed by atoms with Crippen LogP contribution in [0.5, 0.6) is 0 Å². The zero-order valence-electron chi connectivity index (χ0n) is 12.2. The fourth-order valence-corrected chi connectivity index (χ4v) is 3.01. The van der Waals surface area contributed by atoms with Crippen molar-refractivity contribution in [1.82, 2.24) is 9.47 Å². The summed E-state index contributed by atoms with van der Waals surface area (Å²) in [7, 11) is 2.03. The van der Waals surface area contributed by atoms with Crippen LogP contribution in [-0.4, -0.2) is 40.3 Å². The molecule has 1 aromatic heterocycles. The van der Waals surface area contributed by atoms with E-state index in [0.717, 1.165) is 45.2 Å². The van der Waals surface area contributed by atoms with E-state index in [1.807, 2.05) is 7.05 Å². The molecule has 1 aliphatic carbocycles. The Labute approximate surface area is 120 Å². The summed E-state index contributed by atoms with van der Waals surface area (Å²) in [4.78, 5) is 13.8. The van der Waals surface area contributed by atoms with Gasteiger partial charge in [0.2, 0.25) is 0 Å². The predicted octanol–water partition coefficient (Wildman–Crippen LogP) is 1.06. The van der Waals surface area contributed by atoms with Gasteiger partial charge in [0.15, 0.2) is 0 Å². The molecule has 0 atom stereocenters. The second-order valence-electron chi connectivity index (χ2n) is 6.02. The first-order valence-electron chi connectivity index (χ1n) is 7.35. The fourth-order valence-electron chi connectivity index (χ4n) is 3.01. The van der Waals surface area contributed by atoms with Crippen LogP contribution in [0.2, 0.25) is 0 Å². The van der Waals surface area contributed by atoms with Gasteiger partial charge in [0.25, 0.3) is 5.56 Å². The molecule has 0 aliphatic heterocycles. The first kappa shape index (κ1) is 15.1. The highest BCUT2D eigenvalue weighted by Crippen LogP contribution is 2.29. The van der Waals surface area contributed by atoms with E-state index in [0.29, 0.717) is 12.2 Å². The molecule has 1 heterocycles. The van der Waals surface area contributed by atoms with E-state index in [4.69, 9.17) is 5.73 Å². The lowest BCUT2D eigenvalue weighted by molar-refractivity contribution is 0.0160. The Morgan fingerprint density at radius 1 is 1.40 bits per heavy atom. The molecule has 1 aliphatic rings. The Morgan fingerprint density at radius 3 is 2.80 bits per heavy atom. The number of hydrogen-bond acceptors (Lipinski definition) is 4. The summed E-state index contributed by atoms with van der Waals surface area (Å²) in [6.45, 7) is 2.25. The monoisotopic (exact) mass is 279 g/mol. The minimum atomic E-state index is -0.497. The molecule has 0 bridgehead atoms. The molecule has 0 unspecified atom stereocenters. The van der Waals surface area contributed by atoms with Crippen molar-refractivity contribution >= 4 is 5.69 Å². The summed E-state index contributed by atoms with van der Waals surface area (Å²) in [6.07, 6.45) is 6.63. The van der Waals surface area contributed by atoms with E-state index < -0.39 is 5.60 Å². The number of likely N-dealkylation sites (N-methyl/N-ethyl adjacent to an activating group) is 1. The smallest absolute Gasteiger partial charge is 0.250 e. The van der Waals surface area contributed by atoms with Crippen molar-refractivity contribution in [2.24, 2.45) is 0 Å². The number of pyridine rings is 1. The number of anilines is 1. The van der Waals surface area contributed by atoms with Gasteiger partial charge in [0.1, 0.15) is 0 Å². The van der Waals surface area contributed by atoms with Crippen LogP contribution in [0.4, 0.5) is 5.69 Å². The van der Waals surface area contributed by atoms with E-state index in [-0.39, 0.29) is 5.56 Å². The maximum atomic E-state index is 11.6. The maximum absolute atomic E-state index is 11.6. The van der Waals surface area contributed by atoms with E-state index in [2.05, 4.69) is 4.90 Å². The van der Waals surface area contributed by atoms with Gasteiger partial charge in [-0.3, -0.25) is 4.79 Å². The Morgan fingerprint density at radius 2 is 2.10 bits per heavy atom. The van der Waals surface area contributed by atoms with Gasteiger partial charge in [-0.2, -0.15) is 0 Å². The summed E-state index contributed by atoms with van der Waals surface area (Å²) in [5, 5.41) is 10.3. The molecule has 0 saturated heterocycles. The minimum Gasteiger partial charge on any atom is -0.398 e. The summed E-state index contributed by atoms with van der Waals surface area (Å²) < 4.78 is 1.65. The van der Waals surface area contributed by atoms with Crippen LogP contribution in [0.3, 0.4) is 0 Å². The summed E-state index contributed by atoms with van der Waals surface area (Å²) in [6, 6.07) is 3.13. The molecule has 0 amide bonds. The third kappa shape index (κ3) is 4.08. The number of hydrogen-bond donors (Lipinski definition) is 2. The number of aromatic nitrogens is 1. The van der Waals surface area contributed by atoms with Crippen LogP contribution in [0.25, 0.3) is 0 Å². The Balaban J connectivity index is 1.77. The highest BCUT2D eigenvalue weighted by Gasteiger charge is 2.31. The van der Waals surface area contributed by atoms with Crippen LogP contribution < -0.4 is 11.3 Å². The quantitative estimate of drug-likeness (QED) is 0.817. The molecule has 0 radical (unpaired) electrons. The van der Waals surface area contributed by atoms with Crippen molar-refractivity contribution in [1.29, 1.82) is 0 Å². The number of nitrogens with zero attached hydrogens (tertiary/aromatic N) is 2. The van der Waals surface area contributed by atoms with Crippen LogP contribution in [0.1, 0.15) is 32.1 Å². The van der Waals surface area contributed by atoms with Crippen LogP contribution in [0.15, 0.2) is 23.1 Å². The Bertz CT molecular complexity index is 492. The van der Waals surface area contributed by atoms with Gasteiger partial charge in [-0.05, 0) is 38.9 Å². The lowest BCUT2D eigenvalue weighted by Gasteiger charge is -2.28. The molecule has 0 spiro atoms. The number of nitrogens with two attached hydrogens (primary N) is 1. The lowest BCUT2D eigenvalue weighted by Crippen LogP contribution is -2.39. The average Bonchev–Trinajstić information content (AvgIpc) is 2.80. The van der Waals surface area contributed by atoms with Gasteiger partial charge in [-0.25, -0.2) is 0 Å². The van der Waals surface area contributed by atoms with Crippen molar-refractivity contribution in [3.63, 3.8) is 0 Å². The van der Waals surface area contributed by atoms with E-state index in [1.165, 1.54) is 6.07 Å². The molecular weight excluding hydrogens is 254 g/mol. The van der Waals surface area contributed by atoms with Crippen molar-refractivity contribution in [3.05, 3.63) is 28.7 Å². The van der Waals surface area contributed by atoms with Crippen molar-refractivity contribution < 1.29 is 5.11 Å². The lowest BCUT2D eigenvalue weighted by atomic mass is 10.0. The van der Waals surface area contributed by atoms with Gasteiger partial charge >= 0.3 is 0 Å². The second kappa shape index (κ2) is 6.41. The number of aryl methyl sites for hydroxylation is 1. The first-order chi connectivity index (χ1) is 9.48. The first-order valence-corrected chi connectivity index (χ1v) is 7.35. The van der Waals surface area contributed by atoms with Gasteiger partial charge in [-0.15, -0.1) is 0 Å². The summed E-state index contributed by atoms with van der Waals surface area (Å²) in [5.74, 6) is 0. The molecule has 2 rings (SSSR count). The third-order valence-electron chi connectivity index (χ3n) is 4.04. The molecule has 5 heteroatoms. The van der Waals surface area contributed by atoms with E-state index >= 15 is 0 Å². The number of aliphatic hydroxyl groups is 1. The van der Waals surface area contributed by atoms with E-state index in [1.54, 1.807) is 16.8 Å². The van der Waals surface area contributed by atoms with Crippen LogP contribution in [0, 0.1) is 0 Å². The standard InChI is InChI=1S/C15H25N3O2/c1-17(12-15(20)7-2-3-8-15)9-4-10-18-11-13(16)5-6-14(18)19/h5-6,11,20H,2-4,7-10,12,16H2,1H3. The maximum Gasteiger partial charge on any atom is 0.250 e.